The van der Waals surface area contributed by atoms with Crippen LogP contribution in [0.2, 0.25) is 0 Å². The van der Waals surface area contributed by atoms with Crippen LogP contribution < -0.4 is 14.2 Å². The van der Waals surface area contributed by atoms with Crippen molar-refractivity contribution < 1.29 is 28.7 Å². The van der Waals surface area contributed by atoms with Crippen molar-refractivity contribution in [1.29, 1.82) is 0 Å². The molecule has 2 aliphatic heterocycles. The molecule has 2 aromatic carbocycles. The van der Waals surface area contributed by atoms with Crippen molar-refractivity contribution in [2.45, 2.75) is 6.54 Å². The number of nitrogens with zero attached hydrogens (tertiary/aromatic N) is 2. The predicted molar refractivity (Wildman–Crippen MR) is 104 cm³/mol. The van der Waals surface area contributed by atoms with Gasteiger partial charge in [0.1, 0.15) is 0 Å². The standard InChI is InChI=1S/C19H14N2O7S/c1-26-14-6-12(7-15-17(14)28-10-27-15)8-16-18(22)20(19(23)29-16)9-11-3-2-4-13(5-11)21(24)25/h2-8H,9-10H2,1H3/b16-8+. The summed E-state index contributed by atoms with van der Waals surface area (Å²) in [4.78, 5) is 36.8. The molecule has 0 unspecified atom stereocenters. The van der Waals surface area contributed by atoms with Crippen LogP contribution in [0.4, 0.5) is 10.5 Å². The number of methoxy groups -OCH3 is 1. The van der Waals surface area contributed by atoms with E-state index in [1.165, 1.54) is 25.3 Å². The number of nitro groups is 1. The molecule has 0 bridgehead atoms. The Kier molecular flexibility index (Phi) is 4.85. The molecular weight excluding hydrogens is 400 g/mol. The van der Waals surface area contributed by atoms with Gasteiger partial charge in [-0.05, 0) is 41.1 Å². The fourth-order valence-corrected chi connectivity index (χ4v) is 3.81. The van der Waals surface area contributed by atoms with E-state index in [0.29, 0.717) is 28.4 Å². The predicted octanol–water partition coefficient (Wildman–Crippen LogP) is 3.57. The molecule has 0 atom stereocenters. The summed E-state index contributed by atoms with van der Waals surface area (Å²) in [6.07, 6.45) is 1.57. The van der Waals surface area contributed by atoms with Gasteiger partial charge in [-0.3, -0.25) is 24.6 Å². The number of carbonyl (C=O) groups excluding carboxylic acids is 2. The Hall–Kier alpha value is -3.53. The molecule has 0 saturated carbocycles. The van der Waals surface area contributed by atoms with Crippen LogP contribution in [0.25, 0.3) is 6.08 Å². The highest BCUT2D eigenvalue weighted by atomic mass is 32.2. The molecule has 1 fully saturated rings. The Balaban J connectivity index is 1.59. The van der Waals surface area contributed by atoms with Gasteiger partial charge in [0.25, 0.3) is 16.8 Å². The Morgan fingerprint density at radius 3 is 2.86 bits per heavy atom. The van der Waals surface area contributed by atoms with Crippen LogP contribution >= 0.6 is 11.8 Å². The minimum Gasteiger partial charge on any atom is -0.493 e. The van der Waals surface area contributed by atoms with Crippen molar-refractivity contribution in [3.8, 4) is 17.2 Å². The minimum absolute atomic E-state index is 0.0475. The Bertz CT molecular complexity index is 1070. The molecule has 2 aliphatic rings. The first-order valence-corrected chi connectivity index (χ1v) is 9.24. The highest BCUT2D eigenvalue weighted by Crippen LogP contribution is 2.43. The maximum Gasteiger partial charge on any atom is 0.293 e. The van der Waals surface area contributed by atoms with Gasteiger partial charge in [-0.1, -0.05) is 12.1 Å². The fourth-order valence-electron chi connectivity index (χ4n) is 2.97. The van der Waals surface area contributed by atoms with Crippen LogP contribution in [-0.2, 0) is 11.3 Å². The Morgan fingerprint density at radius 1 is 1.28 bits per heavy atom. The van der Waals surface area contributed by atoms with E-state index in [0.717, 1.165) is 16.7 Å². The average Bonchev–Trinajstić information content (AvgIpc) is 3.28. The molecule has 0 aromatic heterocycles. The molecular formula is C19H14N2O7S. The monoisotopic (exact) mass is 414 g/mol. The molecule has 1 saturated heterocycles. The van der Waals surface area contributed by atoms with Gasteiger partial charge in [0.2, 0.25) is 12.5 Å². The van der Waals surface area contributed by atoms with Gasteiger partial charge in [-0.15, -0.1) is 0 Å². The van der Waals surface area contributed by atoms with Crippen LogP contribution in [0, 0.1) is 10.1 Å². The van der Waals surface area contributed by atoms with E-state index >= 15 is 0 Å². The average molecular weight is 414 g/mol. The smallest absolute Gasteiger partial charge is 0.293 e. The van der Waals surface area contributed by atoms with Crippen molar-refractivity contribution in [2.75, 3.05) is 13.9 Å². The van der Waals surface area contributed by atoms with E-state index in [9.17, 15) is 19.7 Å². The van der Waals surface area contributed by atoms with E-state index in [-0.39, 0.29) is 23.9 Å². The van der Waals surface area contributed by atoms with E-state index in [4.69, 9.17) is 14.2 Å². The van der Waals surface area contributed by atoms with Crippen LogP contribution in [0.1, 0.15) is 11.1 Å². The summed E-state index contributed by atoms with van der Waals surface area (Å²) in [5.74, 6) is 0.972. The van der Waals surface area contributed by atoms with Crippen LogP contribution in [0.3, 0.4) is 0 Å². The second kappa shape index (κ2) is 7.47. The minimum atomic E-state index is -0.524. The van der Waals surface area contributed by atoms with Crippen molar-refractivity contribution in [2.24, 2.45) is 0 Å². The fraction of sp³-hybridized carbons (Fsp3) is 0.158. The Labute approximate surface area is 169 Å². The van der Waals surface area contributed by atoms with Gasteiger partial charge in [0.05, 0.1) is 23.5 Å². The molecule has 0 aliphatic carbocycles. The molecule has 9 nitrogen and oxygen atoms in total. The number of ether oxygens (including phenoxy) is 3. The number of amides is 2. The van der Waals surface area contributed by atoms with Crippen molar-refractivity contribution in [3.63, 3.8) is 0 Å². The molecule has 0 spiro atoms. The van der Waals surface area contributed by atoms with Gasteiger partial charge in [-0.2, -0.15) is 0 Å². The summed E-state index contributed by atoms with van der Waals surface area (Å²) in [6, 6.07) is 9.21. The second-order valence-electron chi connectivity index (χ2n) is 6.15. The normalized spacial score (nSPS) is 16.6. The summed E-state index contributed by atoms with van der Waals surface area (Å²) < 4.78 is 16.0. The summed E-state index contributed by atoms with van der Waals surface area (Å²) in [6.45, 7) is 0.0308. The van der Waals surface area contributed by atoms with Gasteiger partial charge in [0.15, 0.2) is 11.5 Å². The molecule has 29 heavy (non-hydrogen) atoms. The molecule has 0 N–H and O–H groups in total. The number of rotatable bonds is 5. The molecule has 2 amide bonds. The number of benzene rings is 2. The first-order chi connectivity index (χ1) is 14.0. The molecule has 4 rings (SSSR count). The maximum atomic E-state index is 12.7. The highest BCUT2D eigenvalue weighted by molar-refractivity contribution is 8.18. The zero-order chi connectivity index (χ0) is 20.5. The first kappa shape index (κ1) is 18.8. The Morgan fingerprint density at radius 2 is 2.10 bits per heavy atom. The van der Waals surface area contributed by atoms with Gasteiger partial charge in [-0.25, -0.2) is 0 Å². The zero-order valence-electron chi connectivity index (χ0n) is 15.1. The van der Waals surface area contributed by atoms with Gasteiger partial charge >= 0.3 is 0 Å². The number of non-ortho nitro benzene ring substituents is 1. The number of fused-ring (bicyclic) bond motifs is 1. The molecule has 2 heterocycles. The lowest BCUT2D eigenvalue weighted by Crippen LogP contribution is -2.27. The summed E-state index contributed by atoms with van der Waals surface area (Å²) >= 11 is 0.805. The van der Waals surface area contributed by atoms with E-state index in [1.54, 1.807) is 24.3 Å². The number of nitro benzene ring substituents is 1. The van der Waals surface area contributed by atoms with E-state index in [2.05, 4.69) is 0 Å². The van der Waals surface area contributed by atoms with Crippen molar-refractivity contribution >= 4 is 34.7 Å². The SMILES string of the molecule is COc1cc(/C=C2/SC(=O)N(Cc3cccc([N+](=O)[O-])c3)C2=O)cc2c1OCO2. The molecule has 2 aromatic rings. The third-order valence-electron chi connectivity index (χ3n) is 4.31. The first-order valence-electron chi connectivity index (χ1n) is 8.42. The highest BCUT2D eigenvalue weighted by Gasteiger charge is 2.35. The lowest BCUT2D eigenvalue weighted by molar-refractivity contribution is -0.384. The number of hydrogen-bond donors (Lipinski definition) is 0. The summed E-state index contributed by atoms with van der Waals surface area (Å²) in [5.41, 5.74) is 1.01. The molecule has 148 valence electrons. The number of thioether (sulfide) groups is 1. The lowest BCUT2D eigenvalue weighted by Gasteiger charge is -2.12. The van der Waals surface area contributed by atoms with Crippen LogP contribution in [0.5, 0.6) is 17.2 Å². The number of imide groups is 1. The van der Waals surface area contributed by atoms with Gasteiger partial charge in [0, 0.05) is 12.1 Å². The maximum absolute atomic E-state index is 12.7. The zero-order valence-corrected chi connectivity index (χ0v) is 15.9. The second-order valence-corrected chi connectivity index (χ2v) is 7.15. The lowest BCUT2D eigenvalue weighted by atomic mass is 10.1. The third-order valence-corrected chi connectivity index (χ3v) is 5.22. The van der Waals surface area contributed by atoms with E-state index < -0.39 is 16.1 Å². The quantitative estimate of drug-likeness (QED) is 0.415. The molecule has 0 radical (unpaired) electrons. The summed E-state index contributed by atoms with van der Waals surface area (Å²) in [7, 11) is 1.49. The number of hydrogen-bond acceptors (Lipinski definition) is 8. The molecule has 10 heteroatoms. The number of carbonyl (C=O) groups is 2. The third kappa shape index (κ3) is 3.61. The summed E-state index contributed by atoms with van der Waals surface area (Å²) in [5, 5.41) is 10.5. The van der Waals surface area contributed by atoms with Crippen LogP contribution in [0.15, 0.2) is 41.3 Å². The van der Waals surface area contributed by atoms with Crippen molar-refractivity contribution in [3.05, 3.63) is 62.5 Å². The largest absolute Gasteiger partial charge is 0.493 e. The van der Waals surface area contributed by atoms with E-state index in [1.807, 2.05) is 0 Å². The topological polar surface area (TPSA) is 108 Å². The van der Waals surface area contributed by atoms with Gasteiger partial charge < -0.3 is 14.2 Å². The van der Waals surface area contributed by atoms with Crippen LogP contribution in [-0.4, -0.2) is 34.9 Å². The van der Waals surface area contributed by atoms with Crippen molar-refractivity contribution in [1.82, 2.24) is 4.90 Å².